The zero-order valence-corrected chi connectivity index (χ0v) is 24.0. The normalized spacial score (nSPS) is 23.3. The Morgan fingerprint density at radius 3 is 2.65 bits per heavy atom. The van der Waals surface area contributed by atoms with E-state index in [2.05, 4.69) is 20.8 Å². The number of ether oxygens (including phenoxy) is 1. The number of carbonyl (C=O) groups is 2. The number of hydrogen-bond acceptors (Lipinski definition) is 5. The minimum absolute atomic E-state index is 0.0295. The number of hydrogen-bond donors (Lipinski definition) is 0. The minimum Gasteiger partial charge on any atom is -0.496 e. The maximum absolute atomic E-state index is 13.7. The van der Waals surface area contributed by atoms with Gasteiger partial charge in [0.25, 0.3) is 5.91 Å². The van der Waals surface area contributed by atoms with Crippen LogP contribution in [0.15, 0.2) is 51.8 Å². The molecule has 2 aromatic rings. The second kappa shape index (κ2) is 11.7. The molecular weight excluding hydrogens is 574 g/mol. The summed E-state index contributed by atoms with van der Waals surface area (Å²) in [5.74, 6) is 0.743. The number of carbonyl (C=O) groups excluding carboxylic acids is 2. The number of benzene rings is 2. The average molecular weight is 605 g/mol. The maximum Gasteiger partial charge on any atom is 0.261 e. The van der Waals surface area contributed by atoms with E-state index in [9.17, 15) is 9.59 Å². The van der Waals surface area contributed by atoms with Gasteiger partial charge in [-0.3, -0.25) is 9.59 Å². The van der Waals surface area contributed by atoms with Gasteiger partial charge < -0.3 is 19.4 Å². The molecule has 2 aromatic carbocycles. The molecule has 0 bridgehead atoms. The second-order valence-electron chi connectivity index (χ2n) is 9.69. The first-order valence-corrected chi connectivity index (χ1v) is 14.8. The predicted octanol–water partition coefficient (Wildman–Crippen LogP) is 5.69. The zero-order chi connectivity index (χ0) is 25.9. The third-order valence-corrected chi connectivity index (χ3v) is 9.66. The van der Waals surface area contributed by atoms with Gasteiger partial charge in [0.15, 0.2) is 0 Å². The van der Waals surface area contributed by atoms with Crippen molar-refractivity contribution in [1.82, 2.24) is 9.80 Å². The van der Waals surface area contributed by atoms with Crippen LogP contribution >= 0.6 is 39.3 Å². The Balaban J connectivity index is 1.29. The van der Waals surface area contributed by atoms with E-state index in [4.69, 9.17) is 16.3 Å². The van der Waals surface area contributed by atoms with Crippen molar-refractivity contribution < 1.29 is 14.3 Å². The lowest BCUT2D eigenvalue weighted by molar-refractivity contribution is -0.140. The predicted molar refractivity (Wildman–Crippen MR) is 154 cm³/mol. The topological polar surface area (TPSA) is 53.1 Å². The van der Waals surface area contributed by atoms with Crippen LogP contribution in [0.3, 0.4) is 0 Å². The van der Waals surface area contributed by atoms with Gasteiger partial charge in [-0.1, -0.05) is 36.6 Å². The molecule has 2 atom stereocenters. The molecule has 2 amide bonds. The molecule has 2 aliphatic heterocycles. The number of methoxy groups -OCH3 is 1. The number of fused-ring (bicyclic) bond motifs is 1. The average Bonchev–Trinajstić information content (AvgIpc) is 2.91. The quantitative estimate of drug-likeness (QED) is 0.411. The third-order valence-electron chi connectivity index (χ3n) is 7.40. The van der Waals surface area contributed by atoms with Gasteiger partial charge in [0.2, 0.25) is 5.91 Å². The maximum atomic E-state index is 13.7. The first-order chi connectivity index (χ1) is 17.9. The van der Waals surface area contributed by atoms with Crippen LogP contribution in [0.1, 0.15) is 31.2 Å². The van der Waals surface area contributed by atoms with E-state index in [1.165, 1.54) is 0 Å². The minimum atomic E-state index is -0.0361. The van der Waals surface area contributed by atoms with Gasteiger partial charge in [-0.25, -0.2) is 0 Å². The monoisotopic (exact) mass is 603 g/mol. The summed E-state index contributed by atoms with van der Waals surface area (Å²) >= 11 is 11.4. The van der Waals surface area contributed by atoms with Crippen molar-refractivity contribution in [1.29, 1.82) is 0 Å². The molecule has 3 fully saturated rings. The van der Waals surface area contributed by atoms with Crippen molar-refractivity contribution in [3.63, 3.8) is 0 Å². The highest BCUT2D eigenvalue weighted by atomic mass is 79.9. The smallest absolute Gasteiger partial charge is 0.261 e. The van der Waals surface area contributed by atoms with Gasteiger partial charge >= 0.3 is 0 Å². The summed E-state index contributed by atoms with van der Waals surface area (Å²) in [7, 11) is 1.63. The van der Waals surface area contributed by atoms with Gasteiger partial charge in [0.05, 0.1) is 16.5 Å². The van der Waals surface area contributed by atoms with E-state index in [1.807, 2.05) is 58.3 Å². The van der Waals surface area contributed by atoms with Crippen molar-refractivity contribution in [3.05, 3.63) is 62.4 Å². The molecule has 6 nitrogen and oxygen atoms in total. The lowest BCUT2D eigenvalue weighted by Crippen LogP contribution is -2.57. The third kappa shape index (κ3) is 5.96. The summed E-state index contributed by atoms with van der Waals surface area (Å²) < 4.78 is 6.18. The summed E-state index contributed by atoms with van der Waals surface area (Å²) in [6, 6.07) is 13.7. The van der Waals surface area contributed by atoms with Crippen molar-refractivity contribution in [2.24, 2.45) is 0 Å². The summed E-state index contributed by atoms with van der Waals surface area (Å²) in [6.07, 6.45) is 6.23. The molecule has 196 valence electrons. The van der Waals surface area contributed by atoms with E-state index in [0.29, 0.717) is 28.3 Å². The van der Waals surface area contributed by atoms with Crippen LogP contribution in [-0.2, 0) is 9.59 Å². The highest BCUT2D eigenvalue weighted by Gasteiger charge is 2.41. The van der Waals surface area contributed by atoms with Crippen LogP contribution in [-0.4, -0.2) is 72.7 Å². The molecule has 37 heavy (non-hydrogen) atoms. The number of rotatable bonds is 5. The van der Waals surface area contributed by atoms with Gasteiger partial charge in [0.1, 0.15) is 12.3 Å². The molecule has 1 aliphatic carbocycles. The molecule has 1 saturated carbocycles. The Hall–Kier alpha value is -2.16. The molecular formula is C28H31BrClN3O3S. The van der Waals surface area contributed by atoms with Crippen LogP contribution in [0.25, 0.3) is 6.08 Å². The van der Waals surface area contributed by atoms with Crippen LogP contribution in [0.4, 0.5) is 5.69 Å². The van der Waals surface area contributed by atoms with Crippen LogP contribution in [0, 0.1) is 0 Å². The molecule has 5 rings (SSSR count). The standard InChI is InChI=1S/C28H31BrClN3O3S/c1-36-24-10-9-19(15-22(24)29)16-26-28(35)33(23-7-2-3-8-25(23)37-26)18-27(34)32-13-11-31(12-14-32)21-6-4-5-20(30)17-21/h4-6,9-10,15-17,23,25H,2-3,7-8,11-14,18H2,1H3/b26-16+. The second-order valence-corrected chi connectivity index (χ2v) is 12.3. The highest BCUT2D eigenvalue weighted by Crippen LogP contribution is 2.42. The summed E-state index contributed by atoms with van der Waals surface area (Å²) in [5, 5.41) is 1.04. The molecule has 3 aliphatic rings. The van der Waals surface area contributed by atoms with E-state index < -0.39 is 0 Å². The molecule has 2 saturated heterocycles. The van der Waals surface area contributed by atoms with Crippen LogP contribution < -0.4 is 9.64 Å². The first kappa shape index (κ1) is 26.4. The van der Waals surface area contributed by atoms with Crippen molar-refractivity contribution in [2.75, 3.05) is 44.7 Å². The highest BCUT2D eigenvalue weighted by molar-refractivity contribution is 9.10. The lowest BCUT2D eigenvalue weighted by atomic mass is 9.93. The number of piperazine rings is 1. The van der Waals surface area contributed by atoms with Crippen molar-refractivity contribution in [3.8, 4) is 5.75 Å². The Morgan fingerprint density at radius 2 is 1.92 bits per heavy atom. The Bertz CT molecular complexity index is 1200. The van der Waals surface area contributed by atoms with Gasteiger partial charge in [0, 0.05) is 48.2 Å². The summed E-state index contributed by atoms with van der Waals surface area (Å²) in [4.78, 5) is 33.8. The first-order valence-electron chi connectivity index (χ1n) is 12.7. The van der Waals surface area contributed by atoms with E-state index in [1.54, 1.807) is 18.9 Å². The van der Waals surface area contributed by atoms with E-state index in [0.717, 1.165) is 60.2 Å². The SMILES string of the molecule is COc1ccc(/C=C2/SC3CCCCC3N(CC(=O)N3CCN(c4cccc(Cl)c4)CC3)C2=O)cc1Br. The van der Waals surface area contributed by atoms with E-state index >= 15 is 0 Å². The Labute approximate surface area is 236 Å². The molecule has 2 unspecified atom stereocenters. The molecule has 2 heterocycles. The van der Waals surface area contributed by atoms with Crippen LogP contribution in [0.2, 0.25) is 5.02 Å². The molecule has 0 aromatic heterocycles. The number of halogens is 2. The zero-order valence-electron chi connectivity index (χ0n) is 20.9. The molecule has 9 heteroatoms. The number of amides is 2. The molecule has 0 radical (unpaired) electrons. The fraction of sp³-hybridized carbons (Fsp3) is 0.429. The number of nitrogens with zero attached hydrogens (tertiary/aromatic N) is 3. The van der Waals surface area contributed by atoms with Crippen LogP contribution in [0.5, 0.6) is 5.75 Å². The molecule has 0 spiro atoms. The van der Waals surface area contributed by atoms with Gasteiger partial charge in [-0.2, -0.15) is 0 Å². The Morgan fingerprint density at radius 1 is 1.14 bits per heavy atom. The fourth-order valence-corrected chi connectivity index (χ4v) is 7.63. The number of anilines is 1. The number of thioether (sulfide) groups is 1. The molecule has 0 N–H and O–H groups in total. The van der Waals surface area contributed by atoms with Crippen molar-refractivity contribution >= 4 is 62.9 Å². The fourth-order valence-electron chi connectivity index (χ4n) is 5.42. The Kier molecular flexibility index (Phi) is 8.37. The largest absolute Gasteiger partial charge is 0.496 e. The van der Waals surface area contributed by atoms with Gasteiger partial charge in [-0.05, 0) is 70.7 Å². The lowest BCUT2D eigenvalue weighted by Gasteiger charge is -2.45. The van der Waals surface area contributed by atoms with Gasteiger partial charge in [-0.15, -0.1) is 11.8 Å². The summed E-state index contributed by atoms with van der Waals surface area (Å²) in [5.41, 5.74) is 2.01. The van der Waals surface area contributed by atoms with E-state index in [-0.39, 0.29) is 24.4 Å². The van der Waals surface area contributed by atoms with Crippen molar-refractivity contribution in [2.45, 2.75) is 37.0 Å². The summed E-state index contributed by atoms with van der Waals surface area (Å²) in [6.45, 7) is 2.91.